The molecule has 1 aliphatic carbocycles. The van der Waals surface area contributed by atoms with Crippen molar-refractivity contribution in [3.8, 4) is 0 Å². The molecule has 0 unspecified atom stereocenters. The summed E-state index contributed by atoms with van der Waals surface area (Å²) in [5.41, 5.74) is 2.55. The lowest BCUT2D eigenvalue weighted by atomic mass is 10.0. The monoisotopic (exact) mass is 247 g/mol. The second kappa shape index (κ2) is 5.53. The van der Waals surface area contributed by atoms with Crippen LogP contribution in [0.5, 0.6) is 0 Å². The maximum Gasteiger partial charge on any atom is 0.307 e. The molecular formula is C15H21NO2. The highest BCUT2D eigenvalue weighted by Gasteiger charge is 2.39. The van der Waals surface area contributed by atoms with Gasteiger partial charge in [0.15, 0.2) is 0 Å². The predicted octanol–water partition coefficient (Wildman–Crippen LogP) is 2.59. The van der Waals surface area contributed by atoms with Crippen LogP contribution in [0.25, 0.3) is 0 Å². The molecule has 2 rings (SSSR count). The van der Waals surface area contributed by atoms with Gasteiger partial charge in [0.2, 0.25) is 0 Å². The molecule has 0 aromatic heterocycles. The summed E-state index contributed by atoms with van der Waals surface area (Å²) in [6.45, 7) is 4.06. The number of nitrogens with one attached hydrogen (secondary N) is 1. The summed E-state index contributed by atoms with van der Waals surface area (Å²) in [7, 11) is 0. The molecule has 0 heterocycles. The number of carbonyl (C=O) groups is 1. The summed E-state index contributed by atoms with van der Waals surface area (Å²) in [6.07, 6.45) is 3.99. The smallest absolute Gasteiger partial charge is 0.307 e. The number of rotatable bonds is 7. The summed E-state index contributed by atoms with van der Waals surface area (Å²) >= 11 is 0. The number of carboxylic acid groups (broad SMARTS) is 1. The standard InChI is InChI=1S/C15H21NO2/c1-2-15(7-8-15)11-16-10-13-6-4-3-5-12(13)9-14(17)18/h3-6,16H,2,7-11H2,1H3,(H,17,18). The molecule has 3 nitrogen and oxygen atoms in total. The van der Waals surface area contributed by atoms with Gasteiger partial charge in [-0.05, 0) is 35.8 Å². The van der Waals surface area contributed by atoms with Gasteiger partial charge in [-0.15, -0.1) is 0 Å². The summed E-state index contributed by atoms with van der Waals surface area (Å²) in [5, 5.41) is 12.3. The van der Waals surface area contributed by atoms with Crippen LogP contribution in [0.2, 0.25) is 0 Å². The maximum absolute atomic E-state index is 10.8. The first-order valence-corrected chi connectivity index (χ1v) is 6.64. The van der Waals surface area contributed by atoms with Gasteiger partial charge in [0.05, 0.1) is 6.42 Å². The van der Waals surface area contributed by atoms with E-state index >= 15 is 0 Å². The molecule has 0 amide bonds. The number of hydrogen-bond acceptors (Lipinski definition) is 2. The van der Waals surface area contributed by atoms with E-state index in [1.165, 1.54) is 19.3 Å². The third-order valence-corrected chi connectivity index (χ3v) is 3.98. The summed E-state index contributed by atoms with van der Waals surface area (Å²) in [4.78, 5) is 10.8. The van der Waals surface area contributed by atoms with Crippen molar-refractivity contribution in [1.29, 1.82) is 0 Å². The Morgan fingerprint density at radius 2 is 2.00 bits per heavy atom. The summed E-state index contributed by atoms with van der Waals surface area (Å²) in [6, 6.07) is 7.78. The van der Waals surface area contributed by atoms with Gasteiger partial charge >= 0.3 is 5.97 Å². The molecule has 2 N–H and O–H groups in total. The SMILES string of the molecule is CCC1(CNCc2ccccc2CC(=O)O)CC1. The van der Waals surface area contributed by atoms with E-state index in [9.17, 15) is 4.79 Å². The Hall–Kier alpha value is -1.35. The average Bonchev–Trinajstić information content (AvgIpc) is 3.11. The Bertz CT molecular complexity index is 424. The molecule has 1 aromatic carbocycles. The molecule has 0 atom stereocenters. The van der Waals surface area contributed by atoms with E-state index in [1.54, 1.807) is 0 Å². The Kier molecular flexibility index (Phi) is 4.02. The van der Waals surface area contributed by atoms with Crippen molar-refractivity contribution in [1.82, 2.24) is 5.32 Å². The number of hydrogen-bond donors (Lipinski definition) is 2. The average molecular weight is 247 g/mol. The molecule has 0 bridgehead atoms. The highest BCUT2D eigenvalue weighted by Crippen LogP contribution is 2.47. The Balaban J connectivity index is 1.90. The summed E-state index contributed by atoms with van der Waals surface area (Å²) < 4.78 is 0. The van der Waals surface area contributed by atoms with Crippen LogP contribution >= 0.6 is 0 Å². The normalized spacial score (nSPS) is 16.5. The highest BCUT2D eigenvalue weighted by atomic mass is 16.4. The van der Waals surface area contributed by atoms with Crippen LogP contribution in [0.15, 0.2) is 24.3 Å². The number of aliphatic carboxylic acids is 1. The largest absolute Gasteiger partial charge is 0.481 e. The van der Waals surface area contributed by atoms with Crippen molar-refractivity contribution in [3.63, 3.8) is 0 Å². The fourth-order valence-electron chi connectivity index (χ4n) is 2.36. The van der Waals surface area contributed by atoms with Crippen LogP contribution in [-0.2, 0) is 17.8 Å². The number of carboxylic acids is 1. The van der Waals surface area contributed by atoms with Crippen molar-refractivity contribution in [3.05, 3.63) is 35.4 Å². The van der Waals surface area contributed by atoms with Crippen LogP contribution < -0.4 is 5.32 Å². The van der Waals surface area contributed by atoms with Crippen molar-refractivity contribution in [2.75, 3.05) is 6.54 Å². The van der Waals surface area contributed by atoms with E-state index in [4.69, 9.17) is 5.11 Å². The van der Waals surface area contributed by atoms with Crippen LogP contribution in [0, 0.1) is 5.41 Å². The molecule has 0 spiro atoms. The van der Waals surface area contributed by atoms with E-state index in [0.29, 0.717) is 5.41 Å². The Morgan fingerprint density at radius 3 is 2.56 bits per heavy atom. The lowest BCUT2D eigenvalue weighted by molar-refractivity contribution is -0.136. The molecule has 1 fully saturated rings. The van der Waals surface area contributed by atoms with Crippen molar-refractivity contribution in [2.45, 2.75) is 39.2 Å². The van der Waals surface area contributed by atoms with E-state index in [2.05, 4.69) is 12.2 Å². The highest BCUT2D eigenvalue weighted by molar-refractivity contribution is 5.70. The van der Waals surface area contributed by atoms with Gasteiger partial charge in [-0.3, -0.25) is 4.79 Å². The zero-order valence-corrected chi connectivity index (χ0v) is 10.9. The van der Waals surface area contributed by atoms with Gasteiger partial charge in [-0.1, -0.05) is 31.2 Å². The molecule has 0 aliphatic heterocycles. The second-order valence-corrected chi connectivity index (χ2v) is 5.30. The van der Waals surface area contributed by atoms with Gasteiger partial charge in [0, 0.05) is 13.1 Å². The first-order chi connectivity index (χ1) is 8.65. The summed E-state index contributed by atoms with van der Waals surface area (Å²) in [5.74, 6) is -0.769. The molecule has 1 saturated carbocycles. The van der Waals surface area contributed by atoms with Crippen LogP contribution in [0.1, 0.15) is 37.3 Å². The zero-order chi connectivity index (χ0) is 13.0. The van der Waals surface area contributed by atoms with Crippen molar-refractivity contribution >= 4 is 5.97 Å². The topological polar surface area (TPSA) is 49.3 Å². The van der Waals surface area contributed by atoms with Gasteiger partial charge in [0.1, 0.15) is 0 Å². The molecule has 3 heteroatoms. The number of benzene rings is 1. The minimum atomic E-state index is -0.769. The quantitative estimate of drug-likeness (QED) is 0.778. The first-order valence-electron chi connectivity index (χ1n) is 6.64. The molecule has 0 saturated heterocycles. The molecule has 1 aromatic rings. The van der Waals surface area contributed by atoms with E-state index in [0.717, 1.165) is 24.2 Å². The minimum Gasteiger partial charge on any atom is -0.481 e. The van der Waals surface area contributed by atoms with Crippen LogP contribution in [0.4, 0.5) is 0 Å². The van der Waals surface area contributed by atoms with Crippen LogP contribution in [-0.4, -0.2) is 17.6 Å². The fourth-order valence-corrected chi connectivity index (χ4v) is 2.36. The fraction of sp³-hybridized carbons (Fsp3) is 0.533. The van der Waals surface area contributed by atoms with Crippen molar-refractivity contribution in [2.24, 2.45) is 5.41 Å². The first kappa shape index (κ1) is 13.1. The lowest BCUT2D eigenvalue weighted by Crippen LogP contribution is -2.23. The molecule has 18 heavy (non-hydrogen) atoms. The lowest BCUT2D eigenvalue weighted by Gasteiger charge is -2.14. The molecule has 1 aliphatic rings. The minimum absolute atomic E-state index is 0.108. The van der Waals surface area contributed by atoms with Gasteiger partial charge in [-0.2, -0.15) is 0 Å². The van der Waals surface area contributed by atoms with E-state index < -0.39 is 5.97 Å². The van der Waals surface area contributed by atoms with E-state index in [-0.39, 0.29) is 6.42 Å². The maximum atomic E-state index is 10.8. The van der Waals surface area contributed by atoms with Crippen molar-refractivity contribution < 1.29 is 9.90 Å². The Labute approximate surface area is 108 Å². The van der Waals surface area contributed by atoms with Gasteiger partial charge in [0.25, 0.3) is 0 Å². The van der Waals surface area contributed by atoms with Crippen LogP contribution in [0.3, 0.4) is 0 Å². The molecule has 98 valence electrons. The predicted molar refractivity (Wildman–Crippen MR) is 71.4 cm³/mol. The second-order valence-electron chi connectivity index (χ2n) is 5.30. The zero-order valence-electron chi connectivity index (χ0n) is 10.9. The van der Waals surface area contributed by atoms with E-state index in [1.807, 2.05) is 24.3 Å². The third-order valence-electron chi connectivity index (χ3n) is 3.98. The molecule has 0 radical (unpaired) electrons. The molecular weight excluding hydrogens is 226 g/mol. The third kappa shape index (κ3) is 3.33. The Morgan fingerprint density at radius 1 is 1.33 bits per heavy atom. The van der Waals surface area contributed by atoms with Gasteiger partial charge in [-0.25, -0.2) is 0 Å². The van der Waals surface area contributed by atoms with Gasteiger partial charge < -0.3 is 10.4 Å².